The number of hydrogen-bond acceptors (Lipinski definition) is 4. The van der Waals surface area contributed by atoms with Crippen LogP contribution < -0.4 is 5.32 Å². The van der Waals surface area contributed by atoms with Gasteiger partial charge in [0.05, 0.1) is 25.1 Å². The summed E-state index contributed by atoms with van der Waals surface area (Å²) in [6.45, 7) is 3.05. The zero-order chi connectivity index (χ0) is 13.0. The highest BCUT2D eigenvalue weighted by Crippen LogP contribution is 2.01. The van der Waals surface area contributed by atoms with Crippen LogP contribution in [0.3, 0.4) is 0 Å². The van der Waals surface area contributed by atoms with Crippen molar-refractivity contribution in [3.05, 3.63) is 41.2 Å². The molecule has 0 aliphatic rings. The lowest BCUT2D eigenvalue weighted by Gasteiger charge is -2.04. The van der Waals surface area contributed by atoms with Crippen LogP contribution >= 0.6 is 11.6 Å². The Morgan fingerprint density at radius 3 is 2.83 bits per heavy atom. The molecule has 0 radical (unpaired) electrons. The average molecular weight is 266 g/mol. The summed E-state index contributed by atoms with van der Waals surface area (Å²) in [5.41, 5.74) is 1.33. The van der Waals surface area contributed by atoms with E-state index in [9.17, 15) is 4.79 Å². The summed E-state index contributed by atoms with van der Waals surface area (Å²) in [6, 6.07) is 0. The Morgan fingerprint density at radius 2 is 2.22 bits per heavy atom. The van der Waals surface area contributed by atoms with Gasteiger partial charge in [-0.25, -0.2) is 9.97 Å². The topological polar surface area (TPSA) is 72.7 Å². The number of aryl methyl sites for hydroxylation is 1. The molecule has 1 amide bonds. The second-order valence-corrected chi connectivity index (χ2v) is 4.15. The molecule has 0 saturated heterocycles. The van der Waals surface area contributed by atoms with Crippen LogP contribution in [-0.2, 0) is 6.54 Å². The molecule has 2 aromatic rings. The van der Waals surface area contributed by atoms with Crippen molar-refractivity contribution in [3.8, 4) is 0 Å². The van der Waals surface area contributed by atoms with Crippen LogP contribution in [0.15, 0.2) is 24.8 Å². The van der Waals surface area contributed by atoms with Crippen LogP contribution in [0.25, 0.3) is 0 Å². The summed E-state index contributed by atoms with van der Waals surface area (Å²) in [4.78, 5) is 19.3. The number of hydrogen-bond donors (Lipinski definition) is 1. The van der Waals surface area contributed by atoms with Crippen LogP contribution in [0.4, 0.5) is 0 Å². The zero-order valence-electron chi connectivity index (χ0n) is 9.80. The summed E-state index contributed by atoms with van der Waals surface area (Å²) in [5.74, 6) is -0.275. The number of amides is 1. The number of carbonyl (C=O) groups is 1. The maximum Gasteiger partial charge on any atom is 0.271 e. The third-order valence-electron chi connectivity index (χ3n) is 2.24. The highest BCUT2D eigenvalue weighted by Gasteiger charge is 2.06. The molecule has 0 bridgehead atoms. The molecule has 0 saturated carbocycles. The van der Waals surface area contributed by atoms with E-state index < -0.39 is 0 Å². The lowest BCUT2D eigenvalue weighted by molar-refractivity contribution is 0.0946. The molecule has 0 aliphatic heterocycles. The smallest absolute Gasteiger partial charge is 0.271 e. The van der Waals surface area contributed by atoms with Gasteiger partial charge >= 0.3 is 0 Å². The number of carbonyl (C=O) groups excluding carboxylic acids is 1. The summed E-state index contributed by atoms with van der Waals surface area (Å²) < 4.78 is 1.77. The molecule has 0 spiro atoms. The van der Waals surface area contributed by atoms with Crippen molar-refractivity contribution in [1.29, 1.82) is 0 Å². The fourth-order valence-electron chi connectivity index (χ4n) is 1.39. The van der Waals surface area contributed by atoms with E-state index in [4.69, 9.17) is 11.6 Å². The Balaban J connectivity index is 1.83. The fourth-order valence-corrected chi connectivity index (χ4v) is 1.49. The standard InChI is InChI=1S/C11H12ClN5O/c1-8-4-16-17(7-8)3-2-13-11(18)9-5-15-10(12)6-14-9/h4-7H,2-3H2,1H3,(H,13,18). The molecule has 6 nitrogen and oxygen atoms in total. The molecule has 0 aliphatic carbocycles. The molecule has 0 aromatic carbocycles. The molecule has 0 fully saturated rings. The maximum absolute atomic E-state index is 11.7. The van der Waals surface area contributed by atoms with Crippen molar-refractivity contribution in [3.63, 3.8) is 0 Å². The van der Waals surface area contributed by atoms with Crippen LogP contribution in [0.2, 0.25) is 5.15 Å². The highest BCUT2D eigenvalue weighted by atomic mass is 35.5. The Labute approximate surface area is 109 Å². The first-order valence-electron chi connectivity index (χ1n) is 5.40. The number of rotatable bonds is 4. The quantitative estimate of drug-likeness (QED) is 0.897. The molecule has 94 valence electrons. The number of nitrogens with one attached hydrogen (secondary N) is 1. The molecule has 2 heterocycles. The number of halogens is 1. The first-order valence-corrected chi connectivity index (χ1v) is 5.78. The minimum absolute atomic E-state index is 0.246. The van der Waals surface area contributed by atoms with Gasteiger partial charge in [0.25, 0.3) is 5.91 Å². The van der Waals surface area contributed by atoms with Crippen molar-refractivity contribution in [1.82, 2.24) is 25.1 Å². The van der Waals surface area contributed by atoms with Crippen LogP contribution in [0, 0.1) is 6.92 Å². The Kier molecular flexibility index (Phi) is 3.88. The van der Waals surface area contributed by atoms with Crippen molar-refractivity contribution >= 4 is 17.5 Å². The Morgan fingerprint density at radius 1 is 1.39 bits per heavy atom. The van der Waals surface area contributed by atoms with E-state index in [1.807, 2.05) is 13.1 Å². The van der Waals surface area contributed by atoms with Gasteiger partial charge in [0.2, 0.25) is 0 Å². The van der Waals surface area contributed by atoms with Gasteiger partial charge in [-0.15, -0.1) is 0 Å². The molecule has 18 heavy (non-hydrogen) atoms. The maximum atomic E-state index is 11.7. The van der Waals surface area contributed by atoms with Crippen LogP contribution in [0.5, 0.6) is 0 Å². The van der Waals surface area contributed by atoms with E-state index in [1.165, 1.54) is 12.4 Å². The van der Waals surface area contributed by atoms with Crippen molar-refractivity contribution < 1.29 is 4.79 Å². The lowest BCUT2D eigenvalue weighted by Crippen LogP contribution is -2.28. The molecule has 0 atom stereocenters. The molecule has 1 N–H and O–H groups in total. The van der Waals surface area contributed by atoms with Gasteiger partial charge in [-0.3, -0.25) is 9.48 Å². The summed E-state index contributed by atoms with van der Waals surface area (Å²) >= 11 is 5.59. The molecule has 7 heteroatoms. The van der Waals surface area contributed by atoms with Crippen molar-refractivity contribution in [2.75, 3.05) is 6.54 Å². The van der Waals surface area contributed by atoms with Gasteiger partial charge in [0, 0.05) is 12.7 Å². The van der Waals surface area contributed by atoms with Gasteiger partial charge < -0.3 is 5.32 Å². The fraction of sp³-hybridized carbons (Fsp3) is 0.273. The first-order chi connectivity index (χ1) is 8.65. The second-order valence-electron chi connectivity index (χ2n) is 3.76. The van der Waals surface area contributed by atoms with Gasteiger partial charge in [0.15, 0.2) is 0 Å². The average Bonchev–Trinajstić information content (AvgIpc) is 2.76. The predicted molar refractivity (Wildman–Crippen MR) is 66.3 cm³/mol. The largest absolute Gasteiger partial charge is 0.349 e. The SMILES string of the molecule is Cc1cnn(CCNC(=O)c2cnc(Cl)cn2)c1. The molecule has 0 unspecified atom stereocenters. The van der Waals surface area contributed by atoms with E-state index in [0.717, 1.165) is 5.56 Å². The van der Waals surface area contributed by atoms with E-state index in [2.05, 4.69) is 20.4 Å². The summed E-state index contributed by atoms with van der Waals surface area (Å²) in [5, 5.41) is 7.11. The number of aromatic nitrogens is 4. The van der Waals surface area contributed by atoms with Crippen LogP contribution in [0.1, 0.15) is 16.1 Å². The Hall–Kier alpha value is -1.95. The van der Waals surface area contributed by atoms with Gasteiger partial charge in [-0.05, 0) is 12.5 Å². The zero-order valence-corrected chi connectivity index (χ0v) is 10.6. The summed E-state index contributed by atoms with van der Waals surface area (Å²) in [7, 11) is 0. The minimum Gasteiger partial charge on any atom is -0.349 e. The van der Waals surface area contributed by atoms with E-state index in [-0.39, 0.29) is 16.8 Å². The molecular weight excluding hydrogens is 254 g/mol. The number of nitrogens with zero attached hydrogens (tertiary/aromatic N) is 4. The van der Waals surface area contributed by atoms with Crippen molar-refractivity contribution in [2.24, 2.45) is 0 Å². The minimum atomic E-state index is -0.275. The van der Waals surface area contributed by atoms with Gasteiger partial charge in [-0.2, -0.15) is 5.10 Å². The lowest BCUT2D eigenvalue weighted by atomic mass is 10.4. The monoisotopic (exact) mass is 265 g/mol. The third-order valence-corrected chi connectivity index (χ3v) is 2.44. The third kappa shape index (κ3) is 3.27. The highest BCUT2D eigenvalue weighted by molar-refractivity contribution is 6.29. The predicted octanol–water partition coefficient (Wildman–Crippen LogP) is 1.06. The molecule has 2 rings (SSSR count). The Bertz CT molecular complexity index is 537. The van der Waals surface area contributed by atoms with Gasteiger partial charge in [-0.1, -0.05) is 11.6 Å². The van der Waals surface area contributed by atoms with E-state index in [0.29, 0.717) is 13.1 Å². The van der Waals surface area contributed by atoms with Crippen molar-refractivity contribution in [2.45, 2.75) is 13.5 Å². The van der Waals surface area contributed by atoms with E-state index >= 15 is 0 Å². The van der Waals surface area contributed by atoms with Gasteiger partial charge in [0.1, 0.15) is 10.8 Å². The molecule has 2 aromatic heterocycles. The van der Waals surface area contributed by atoms with Crippen LogP contribution in [-0.4, -0.2) is 32.2 Å². The first kappa shape index (κ1) is 12.5. The second kappa shape index (κ2) is 5.59. The summed E-state index contributed by atoms with van der Waals surface area (Å²) in [6.07, 6.45) is 6.36. The molecular formula is C11H12ClN5O. The van der Waals surface area contributed by atoms with E-state index in [1.54, 1.807) is 10.9 Å². The normalized spacial score (nSPS) is 10.3.